The van der Waals surface area contributed by atoms with Gasteiger partial charge in [-0.05, 0) is 12.1 Å². The van der Waals surface area contributed by atoms with E-state index in [4.69, 9.17) is 27.9 Å². The number of pyridine rings is 1. The zero-order valence-corrected chi connectivity index (χ0v) is 11.9. The van der Waals surface area contributed by atoms with E-state index in [0.29, 0.717) is 23.3 Å². The van der Waals surface area contributed by atoms with Crippen molar-refractivity contribution in [1.29, 1.82) is 0 Å². The van der Waals surface area contributed by atoms with Gasteiger partial charge in [-0.25, -0.2) is 0 Å². The molecule has 5 heteroatoms. The van der Waals surface area contributed by atoms with E-state index in [0.717, 1.165) is 33.1 Å². The van der Waals surface area contributed by atoms with Crippen LogP contribution in [-0.2, 0) is 17.8 Å². The maximum Gasteiger partial charge on any atom is 0.0918 e. The average Bonchev–Trinajstić information content (AvgIpc) is 2.34. The third-order valence-corrected chi connectivity index (χ3v) is 4.27. The molecule has 2 nitrogen and oxygen atoms in total. The van der Waals surface area contributed by atoms with Gasteiger partial charge in [-0.15, -0.1) is 0 Å². The van der Waals surface area contributed by atoms with E-state index in [1.165, 1.54) is 0 Å². The third kappa shape index (κ3) is 1.85. The zero-order chi connectivity index (χ0) is 12.0. The van der Waals surface area contributed by atoms with Crippen molar-refractivity contribution in [3.8, 4) is 0 Å². The second-order valence-corrected chi connectivity index (χ2v) is 5.55. The van der Waals surface area contributed by atoms with Crippen LogP contribution >= 0.6 is 39.1 Å². The number of nitrogens with zero attached hydrogens (tertiary/aromatic N) is 1. The van der Waals surface area contributed by atoms with Gasteiger partial charge in [-0.3, -0.25) is 4.98 Å². The van der Waals surface area contributed by atoms with Crippen molar-refractivity contribution < 1.29 is 4.74 Å². The van der Waals surface area contributed by atoms with Crippen molar-refractivity contribution in [2.24, 2.45) is 0 Å². The average molecular weight is 333 g/mol. The molecule has 1 aromatic carbocycles. The Balaban J connectivity index is 2.44. The number of fused-ring (bicyclic) bond motifs is 2. The molecule has 0 fully saturated rings. The third-order valence-electron chi connectivity index (χ3n) is 2.89. The molecule has 0 amide bonds. The number of halogens is 3. The van der Waals surface area contributed by atoms with Crippen molar-refractivity contribution in [2.75, 3.05) is 6.61 Å². The lowest BCUT2D eigenvalue weighted by Crippen LogP contribution is -2.12. The highest BCUT2D eigenvalue weighted by atomic mass is 79.9. The van der Waals surface area contributed by atoms with Gasteiger partial charge in [-0.2, -0.15) is 0 Å². The molecule has 0 radical (unpaired) electrons. The van der Waals surface area contributed by atoms with Crippen LogP contribution in [0.2, 0.25) is 10.0 Å². The highest BCUT2D eigenvalue weighted by molar-refractivity contribution is 9.10. The van der Waals surface area contributed by atoms with E-state index in [9.17, 15) is 0 Å². The van der Waals surface area contributed by atoms with Gasteiger partial charge in [0.15, 0.2) is 0 Å². The first-order valence-corrected chi connectivity index (χ1v) is 6.76. The molecule has 1 aliphatic heterocycles. The molecular formula is C12H8BrCl2NO. The number of hydrogen-bond acceptors (Lipinski definition) is 2. The SMILES string of the molecule is Clc1ccc(Br)c2c(Cl)c3c(nc12)CCOC3. The molecule has 2 heterocycles. The largest absolute Gasteiger partial charge is 0.376 e. The fourth-order valence-electron chi connectivity index (χ4n) is 2.04. The van der Waals surface area contributed by atoms with Gasteiger partial charge in [-0.1, -0.05) is 39.1 Å². The summed E-state index contributed by atoms with van der Waals surface area (Å²) in [6, 6.07) is 3.71. The number of hydrogen-bond donors (Lipinski definition) is 0. The van der Waals surface area contributed by atoms with Crippen molar-refractivity contribution in [3.05, 3.63) is 37.9 Å². The minimum Gasteiger partial charge on any atom is -0.376 e. The molecule has 2 aromatic rings. The van der Waals surface area contributed by atoms with Gasteiger partial charge in [0.2, 0.25) is 0 Å². The molecular weight excluding hydrogens is 325 g/mol. The Morgan fingerprint density at radius 2 is 2.12 bits per heavy atom. The van der Waals surface area contributed by atoms with Crippen LogP contribution in [0.4, 0.5) is 0 Å². The maximum absolute atomic E-state index is 6.43. The predicted octanol–water partition coefficient (Wildman–Crippen LogP) is 4.38. The molecule has 0 bridgehead atoms. The minimum absolute atomic E-state index is 0.524. The molecule has 0 saturated heterocycles. The van der Waals surface area contributed by atoms with Gasteiger partial charge in [0.05, 0.1) is 34.5 Å². The predicted molar refractivity (Wildman–Crippen MR) is 72.8 cm³/mol. The summed E-state index contributed by atoms with van der Waals surface area (Å²) in [6.45, 7) is 1.21. The molecule has 88 valence electrons. The summed E-state index contributed by atoms with van der Waals surface area (Å²) in [7, 11) is 0. The Morgan fingerprint density at radius 3 is 2.94 bits per heavy atom. The fraction of sp³-hybridized carbons (Fsp3) is 0.250. The number of aromatic nitrogens is 1. The summed E-state index contributed by atoms with van der Waals surface area (Å²) in [5.74, 6) is 0. The molecule has 0 atom stereocenters. The van der Waals surface area contributed by atoms with Crippen LogP contribution in [0.3, 0.4) is 0 Å². The lowest BCUT2D eigenvalue weighted by Gasteiger charge is -2.19. The second-order valence-electron chi connectivity index (χ2n) is 3.91. The van der Waals surface area contributed by atoms with Gasteiger partial charge < -0.3 is 4.74 Å². The van der Waals surface area contributed by atoms with Crippen molar-refractivity contribution in [2.45, 2.75) is 13.0 Å². The van der Waals surface area contributed by atoms with E-state index in [-0.39, 0.29) is 0 Å². The molecule has 3 rings (SSSR count). The van der Waals surface area contributed by atoms with Gasteiger partial charge in [0, 0.05) is 21.8 Å². The quantitative estimate of drug-likeness (QED) is 0.714. The smallest absolute Gasteiger partial charge is 0.0918 e. The van der Waals surface area contributed by atoms with E-state index in [1.54, 1.807) is 0 Å². The standard InChI is InChI=1S/C12H8BrCl2NO/c13-7-1-2-8(14)12-10(7)11(15)6-5-17-4-3-9(6)16-12/h1-2H,3-5H2. The molecule has 1 aromatic heterocycles. The Kier molecular flexibility index (Phi) is 3.03. The summed E-state index contributed by atoms with van der Waals surface area (Å²) >= 11 is 16.1. The Labute approximate surface area is 117 Å². The highest BCUT2D eigenvalue weighted by Gasteiger charge is 2.19. The number of benzene rings is 1. The Bertz CT molecular complexity index is 615. The van der Waals surface area contributed by atoms with Crippen LogP contribution in [0.1, 0.15) is 11.3 Å². The molecule has 0 unspecified atom stereocenters. The second kappa shape index (κ2) is 4.39. The van der Waals surface area contributed by atoms with Crippen molar-refractivity contribution >= 4 is 50.0 Å². The summed E-state index contributed by atoms with van der Waals surface area (Å²) in [6.07, 6.45) is 0.786. The first-order chi connectivity index (χ1) is 8.18. The highest BCUT2D eigenvalue weighted by Crippen LogP contribution is 2.38. The van der Waals surface area contributed by atoms with E-state index < -0.39 is 0 Å². The molecule has 1 aliphatic rings. The van der Waals surface area contributed by atoms with Crippen LogP contribution < -0.4 is 0 Å². The monoisotopic (exact) mass is 331 g/mol. The van der Waals surface area contributed by atoms with Crippen LogP contribution in [0, 0.1) is 0 Å². The van der Waals surface area contributed by atoms with Crippen molar-refractivity contribution in [1.82, 2.24) is 4.98 Å². The first-order valence-electron chi connectivity index (χ1n) is 5.21. The summed E-state index contributed by atoms with van der Waals surface area (Å²) in [4.78, 5) is 4.61. The lowest BCUT2D eigenvalue weighted by atomic mass is 10.1. The minimum atomic E-state index is 0.524. The van der Waals surface area contributed by atoms with Gasteiger partial charge >= 0.3 is 0 Å². The van der Waals surface area contributed by atoms with E-state index in [2.05, 4.69) is 20.9 Å². The zero-order valence-electron chi connectivity index (χ0n) is 8.77. The van der Waals surface area contributed by atoms with Crippen molar-refractivity contribution in [3.63, 3.8) is 0 Å². The van der Waals surface area contributed by atoms with Gasteiger partial charge in [0.25, 0.3) is 0 Å². The van der Waals surface area contributed by atoms with Crippen LogP contribution in [-0.4, -0.2) is 11.6 Å². The molecule has 0 saturated carbocycles. The number of rotatable bonds is 0. The normalized spacial score (nSPS) is 15.0. The Morgan fingerprint density at radius 1 is 1.29 bits per heavy atom. The van der Waals surface area contributed by atoms with Crippen LogP contribution in [0.5, 0.6) is 0 Å². The summed E-state index contributed by atoms with van der Waals surface area (Å²) in [5.41, 5.74) is 2.73. The summed E-state index contributed by atoms with van der Waals surface area (Å²) in [5, 5.41) is 2.18. The Hall–Kier alpha value is -0.350. The first kappa shape index (κ1) is 11.7. The number of ether oxygens (including phenoxy) is 1. The van der Waals surface area contributed by atoms with E-state index >= 15 is 0 Å². The van der Waals surface area contributed by atoms with Crippen LogP contribution in [0.25, 0.3) is 10.9 Å². The summed E-state index contributed by atoms with van der Waals surface area (Å²) < 4.78 is 6.33. The lowest BCUT2D eigenvalue weighted by molar-refractivity contribution is 0.109. The molecule has 0 aliphatic carbocycles. The molecule has 17 heavy (non-hydrogen) atoms. The topological polar surface area (TPSA) is 22.1 Å². The molecule has 0 spiro atoms. The maximum atomic E-state index is 6.43. The van der Waals surface area contributed by atoms with Gasteiger partial charge in [0.1, 0.15) is 0 Å². The molecule has 0 N–H and O–H groups in total. The van der Waals surface area contributed by atoms with Crippen LogP contribution in [0.15, 0.2) is 16.6 Å². The van der Waals surface area contributed by atoms with E-state index in [1.807, 2.05) is 12.1 Å². The fourth-order valence-corrected chi connectivity index (χ4v) is 3.22.